The summed E-state index contributed by atoms with van der Waals surface area (Å²) in [5.74, 6) is -1.37. The summed E-state index contributed by atoms with van der Waals surface area (Å²) in [6.45, 7) is 1.80. The minimum Gasteiger partial charge on any atom is -0.481 e. The Balaban J connectivity index is 3.04. The largest absolute Gasteiger partial charge is 0.481 e. The van der Waals surface area contributed by atoms with E-state index in [2.05, 4.69) is 4.74 Å². The number of carboxylic acid groups (broad SMARTS) is 1. The predicted molar refractivity (Wildman–Crippen MR) is 53.9 cm³/mol. The molecule has 15 heavy (non-hydrogen) atoms. The van der Waals surface area contributed by atoms with Crippen molar-refractivity contribution in [3.8, 4) is 0 Å². The van der Waals surface area contributed by atoms with E-state index in [1.54, 1.807) is 19.1 Å². The third-order valence-corrected chi connectivity index (χ3v) is 1.91. The van der Waals surface area contributed by atoms with Crippen LogP contribution in [0.2, 0.25) is 0 Å². The number of benzene rings is 1. The standard InChI is InChI=1S/C11H12O4/c1-7-3-8(6-10(12)13)5-9(4-7)11(14)15-2/h3-5H,6H2,1-2H3,(H,12,13). The average molecular weight is 208 g/mol. The normalized spacial score (nSPS) is 9.73. The van der Waals surface area contributed by atoms with Crippen LogP contribution < -0.4 is 0 Å². The van der Waals surface area contributed by atoms with Gasteiger partial charge in [0, 0.05) is 0 Å². The summed E-state index contributed by atoms with van der Waals surface area (Å²) < 4.78 is 4.56. The number of rotatable bonds is 3. The topological polar surface area (TPSA) is 63.6 Å². The minimum absolute atomic E-state index is 0.0916. The second-order valence-electron chi connectivity index (χ2n) is 3.27. The summed E-state index contributed by atoms with van der Waals surface area (Å²) in [5, 5.41) is 8.63. The van der Waals surface area contributed by atoms with Crippen molar-refractivity contribution in [2.24, 2.45) is 0 Å². The Morgan fingerprint density at radius 1 is 1.33 bits per heavy atom. The van der Waals surface area contributed by atoms with E-state index in [4.69, 9.17) is 5.11 Å². The van der Waals surface area contributed by atoms with Gasteiger partial charge in [-0.15, -0.1) is 0 Å². The number of carboxylic acids is 1. The molecule has 4 heteroatoms. The summed E-state index contributed by atoms with van der Waals surface area (Å²) in [6.07, 6.45) is -0.0916. The van der Waals surface area contributed by atoms with Crippen LogP contribution in [0.5, 0.6) is 0 Å². The maximum atomic E-state index is 11.2. The lowest BCUT2D eigenvalue weighted by atomic mass is 10.0. The van der Waals surface area contributed by atoms with Crippen LogP contribution in [0.1, 0.15) is 21.5 Å². The molecule has 0 unspecified atom stereocenters. The third-order valence-electron chi connectivity index (χ3n) is 1.91. The Morgan fingerprint density at radius 3 is 2.53 bits per heavy atom. The SMILES string of the molecule is COC(=O)c1cc(C)cc(CC(=O)O)c1. The summed E-state index contributed by atoms with van der Waals surface area (Å²) in [5.41, 5.74) is 1.82. The number of hydrogen-bond donors (Lipinski definition) is 1. The molecule has 4 nitrogen and oxygen atoms in total. The smallest absolute Gasteiger partial charge is 0.337 e. The van der Waals surface area contributed by atoms with Crippen LogP contribution in [0, 0.1) is 6.92 Å². The first-order chi connectivity index (χ1) is 7.02. The van der Waals surface area contributed by atoms with Gasteiger partial charge < -0.3 is 9.84 Å². The maximum absolute atomic E-state index is 11.2. The molecule has 0 amide bonds. The van der Waals surface area contributed by atoms with E-state index in [1.807, 2.05) is 0 Å². The van der Waals surface area contributed by atoms with Gasteiger partial charge >= 0.3 is 11.9 Å². The van der Waals surface area contributed by atoms with Crippen LogP contribution in [-0.4, -0.2) is 24.2 Å². The van der Waals surface area contributed by atoms with Crippen LogP contribution in [0.3, 0.4) is 0 Å². The molecular formula is C11H12O4. The van der Waals surface area contributed by atoms with Gasteiger partial charge in [0.05, 0.1) is 19.1 Å². The molecule has 0 radical (unpaired) electrons. The first kappa shape index (κ1) is 11.2. The van der Waals surface area contributed by atoms with Gasteiger partial charge in [-0.2, -0.15) is 0 Å². The first-order valence-electron chi connectivity index (χ1n) is 4.43. The Morgan fingerprint density at radius 2 is 2.00 bits per heavy atom. The molecule has 1 aromatic rings. The number of carbonyl (C=O) groups is 2. The van der Waals surface area contributed by atoms with Crippen LogP contribution >= 0.6 is 0 Å². The van der Waals surface area contributed by atoms with Gasteiger partial charge in [0.25, 0.3) is 0 Å². The van der Waals surface area contributed by atoms with Crippen LogP contribution in [0.4, 0.5) is 0 Å². The monoisotopic (exact) mass is 208 g/mol. The van der Waals surface area contributed by atoms with Crippen molar-refractivity contribution in [1.82, 2.24) is 0 Å². The lowest BCUT2D eigenvalue weighted by molar-refractivity contribution is -0.136. The number of methoxy groups -OCH3 is 1. The molecule has 0 aliphatic heterocycles. The van der Waals surface area contributed by atoms with Crippen LogP contribution in [0.25, 0.3) is 0 Å². The number of esters is 1. The highest BCUT2D eigenvalue weighted by molar-refractivity contribution is 5.90. The lowest BCUT2D eigenvalue weighted by Crippen LogP contribution is -2.05. The van der Waals surface area contributed by atoms with E-state index >= 15 is 0 Å². The van der Waals surface area contributed by atoms with Crippen LogP contribution in [-0.2, 0) is 16.0 Å². The van der Waals surface area contributed by atoms with Gasteiger partial charge in [0.1, 0.15) is 0 Å². The summed E-state index contributed by atoms with van der Waals surface area (Å²) in [6, 6.07) is 4.94. The minimum atomic E-state index is -0.920. The van der Waals surface area contributed by atoms with E-state index in [0.29, 0.717) is 11.1 Å². The molecule has 0 saturated heterocycles. The molecule has 1 N–H and O–H groups in total. The fraction of sp³-hybridized carbons (Fsp3) is 0.273. The molecule has 0 heterocycles. The van der Waals surface area contributed by atoms with E-state index < -0.39 is 11.9 Å². The highest BCUT2D eigenvalue weighted by Gasteiger charge is 2.09. The van der Waals surface area contributed by atoms with Crippen LogP contribution in [0.15, 0.2) is 18.2 Å². The number of carbonyl (C=O) groups excluding carboxylic acids is 1. The second kappa shape index (κ2) is 4.59. The Labute approximate surface area is 87.5 Å². The Kier molecular flexibility index (Phi) is 3.44. The number of aryl methyl sites for hydroxylation is 1. The molecule has 1 aromatic carbocycles. The van der Waals surface area contributed by atoms with Crippen molar-refractivity contribution in [3.63, 3.8) is 0 Å². The van der Waals surface area contributed by atoms with Crippen molar-refractivity contribution >= 4 is 11.9 Å². The van der Waals surface area contributed by atoms with Crippen molar-refractivity contribution in [1.29, 1.82) is 0 Å². The predicted octanol–water partition coefficient (Wildman–Crippen LogP) is 1.41. The Bertz CT molecular complexity index is 396. The van der Waals surface area contributed by atoms with Gasteiger partial charge in [-0.25, -0.2) is 4.79 Å². The molecule has 80 valence electrons. The van der Waals surface area contributed by atoms with E-state index in [0.717, 1.165) is 5.56 Å². The molecule has 0 fully saturated rings. The maximum Gasteiger partial charge on any atom is 0.337 e. The highest BCUT2D eigenvalue weighted by Crippen LogP contribution is 2.11. The average Bonchev–Trinajstić information content (AvgIpc) is 2.14. The zero-order valence-electron chi connectivity index (χ0n) is 8.61. The zero-order valence-corrected chi connectivity index (χ0v) is 8.61. The zero-order chi connectivity index (χ0) is 11.4. The fourth-order valence-corrected chi connectivity index (χ4v) is 1.37. The third kappa shape index (κ3) is 3.09. The van der Waals surface area contributed by atoms with Gasteiger partial charge in [-0.3, -0.25) is 4.79 Å². The summed E-state index contributed by atoms with van der Waals surface area (Å²) in [7, 11) is 1.29. The molecule has 0 saturated carbocycles. The molecule has 1 rings (SSSR count). The molecule has 0 spiro atoms. The summed E-state index contributed by atoms with van der Waals surface area (Å²) >= 11 is 0. The molecule has 0 bridgehead atoms. The van der Waals surface area contributed by atoms with Gasteiger partial charge in [-0.05, 0) is 30.2 Å². The van der Waals surface area contributed by atoms with E-state index in [1.165, 1.54) is 13.2 Å². The quantitative estimate of drug-likeness (QED) is 0.763. The highest BCUT2D eigenvalue weighted by atomic mass is 16.5. The molecule has 0 aliphatic carbocycles. The molecule has 0 atom stereocenters. The fourth-order valence-electron chi connectivity index (χ4n) is 1.37. The van der Waals surface area contributed by atoms with Gasteiger partial charge in [0.2, 0.25) is 0 Å². The van der Waals surface area contributed by atoms with E-state index in [9.17, 15) is 9.59 Å². The van der Waals surface area contributed by atoms with Crippen molar-refractivity contribution in [2.45, 2.75) is 13.3 Å². The second-order valence-corrected chi connectivity index (χ2v) is 3.27. The first-order valence-corrected chi connectivity index (χ1v) is 4.43. The van der Waals surface area contributed by atoms with Gasteiger partial charge in [-0.1, -0.05) is 6.07 Å². The van der Waals surface area contributed by atoms with Crippen molar-refractivity contribution in [3.05, 3.63) is 34.9 Å². The Hall–Kier alpha value is -1.84. The number of ether oxygens (including phenoxy) is 1. The van der Waals surface area contributed by atoms with Gasteiger partial charge in [0.15, 0.2) is 0 Å². The molecule has 0 aromatic heterocycles. The molecular weight excluding hydrogens is 196 g/mol. The van der Waals surface area contributed by atoms with E-state index in [-0.39, 0.29) is 6.42 Å². The number of aliphatic carboxylic acids is 1. The van der Waals surface area contributed by atoms with Crippen molar-refractivity contribution in [2.75, 3.05) is 7.11 Å². The number of hydrogen-bond acceptors (Lipinski definition) is 3. The van der Waals surface area contributed by atoms with Crippen molar-refractivity contribution < 1.29 is 19.4 Å². The molecule has 0 aliphatic rings. The summed E-state index contributed by atoms with van der Waals surface area (Å²) in [4.78, 5) is 21.7. The lowest BCUT2D eigenvalue weighted by Gasteiger charge is -2.04.